The maximum atomic E-state index is 11.0. The molecule has 1 unspecified atom stereocenters. The first-order valence-corrected chi connectivity index (χ1v) is 7.28. The molecule has 0 saturated heterocycles. The Labute approximate surface area is 77.9 Å². The van der Waals surface area contributed by atoms with Crippen LogP contribution >= 0.6 is 31.6 Å². The predicted octanol–water partition coefficient (Wildman–Crippen LogP) is 2.01. The lowest BCUT2D eigenvalue weighted by atomic mass is 10.9. The fourth-order valence-electron chi connectivity index (χ4n) is 0.338. The fourth-order valence-corrected chi connectivity index (χ4v) is 2.46. The lowest BCUT2D eigenvalue weighted by molar-refractivity contribution is 0.207. The number of halogens is 2. The van der Waals surface area contributed by atoms with Gasteiger partial charge in [0, 0.05) is 0 Å². The van der Waals surface area contributed by atoms with Crippen molar-refractivity contribution in [3.8, 4) is 0 Å². The molecule has 0 heterocycles. The molecule has 4 nitrogen and oxygen atoms in total. The van der Waals surface area contributed by atoms with E-state index in [0.717, 1.165) is 0 Å². The Morgan fingerprint density at radius 1 is 1.45 bits per heavy atom. The van der Waals surface area contributed by atoms with Gasteiger partial charge in [0.15, 0.2) is 0 Å². The third-order valence-electron chi connectivity index (χ3n) is 1.05. The summed E-state index contributed by atoms with van der Waals surface area (Å²) in [6.07, 6.45) is 0. The van der Waals surface area contributed by atoms with E-state index in [9.17, 15) is 4.57 Å². The summed E-state index contributed by atoms with van der Waals surface area (Å²) >= 11 is 9.66. The Bertz CT molecular complexity index is 148. The van der Waals surface area contributed by atoms with Crippen LogP contribution in [0.2, 0.25) is 6.55 Å². The third kappa shape index (κ3) is 4.47. The second-order valence-electron chi connectivity index (χ2n) is 1.91. The molecule has 1 atom stereocenters. The molecule has 0 amide bonds. The zero-order valence-electron chi connectivity index (χ0n) is 6.12. The fraction of sp³-hybridized carbons (Fsp3) is 1.00. The van der Waals surface area contributed by atoms with E-state index < -0.39 is 17.3 Å². The Hall–Kier alpha value is 0.907. The summed E-state index contributed by atoms with van der Waals surface area (Å²) in [5.74, 6) is 0. The zero-order valence-corrected chi connectivity index (χ0v) is 9.94. The maximum Gasteiger partial charge on any atom is 0.507 e. The average molecular weight is 239 g/mol. The van der Waals surface area contributed by atoms with Crippen molar-refractivity contribution in [3.05, 3.63) is 0 Å². The molecular weight excluding hydrogens is 230 g/mol. The van der Waals surface area contributed by atoms with E-state index in [1.165, 1.54) is 0 Å². The molecule has 11 heavy (non-hydrogen) atoms. The summed E-state index contributed by atoms with van der Waals surface area (Å²) in [6, 6.07) is 0. The van der Waals surface area contributed by atoms with Crippen molar-refractivity contribution < 1.29 is 17.2 Å². The highest BCUT2D eigenvalue weighted by atomic mass is 35.5. The average Bonchev–Trinajstić information content (AvgIpc) is 2.04. The van der Waals surface area contributed by atoms with Gasteiger partial charge in [-0.1, -0.05) is 6.55 Å². The minimum atomic E-state index is -3.69. The summed E-state index contributed by atoms with van der Waals surface area (Å²) in [5.41, 5.74) is -0.140. The smallest absolute Gasteiger partial charge is 0.286 e. The summed E-state index contributed by atoms with van der Waals surface area (Å²) in [5, 5.41) is 0. The highest BCUT2D eigenvalue weighted by molar-refractivity contribution is 7.50. The van der Waals surface area contributed by atoms with E-state index in [1.807, 2.05) is 6.55 Å². The Balaban J connectivity index is 3.97. The van der Waals surface area contributed by atoms with Crippen LogP contribution in [-0.4, -0.2) is 15.2 Å². The Kier molecular flexibility index (Phi) is 5.99. The maximum absolute atomic E-state index is 11.0. The van der Waals surface area contributed by atoms with Crippen molar-refractivity contribution in [3.63, 3.8) is 0 Å². The van der Waals surface area contributed by atoms with E-state index in [-0.39, 0.29) is 5.73 Å². The van der Waals surface area contributed by atoms with Gasteiger partial charge in [0.1, 0.15) is 0 Å². The molecule has 0 bridgehead atoms. The summed E-state index contributed by atoms with van der Waals surface area (Å²) < 4.78 is 23.7. The van der Waals surface area contributed by atoms with E-state index >= 15 is 0 Å². The molecule has 0 spiro atoms. The molecule has 68 valence electrons. The molecule has 0 N–H and O–H groups in total. The van der Waals surface area contributed by atoms with Crippen LogP contribution in [-0.2, 0) is 17.2 Å². The summed E-state index contributed by atoms with van der Waals surface area (Å²) in [7, 11) is -4.12. The zero-order chi connectivity index (χ0) is 8.91. The molecule has 0 aliphatic carbocycles. The molecule has 0 saturated carbocycles. The van der Waals surface area contributed by atoms with Crippen molar-refractivity contribution in [1.82, 2.24) is 0 Å². The first kappa shape index (κ1) is 11.9. The highest BCUT2D eigenvalue weighted by Gasteiger charge is 2.28. The van der Waals surface area contributed by atoms with Crippen molar-refractivity contribution in [2.45, 2.75) is 19.2 Å². The summed E-state index contributed by atoms with van der Waals surface area (Å²) in [6.45, 7) is 3.74. The van der Waals surface area contributed by atoms with Gasteiger partial charge in [-0.3, -0.25) is 4.52 Å². The van der Waals surface area contributed by atoms with Gasteiger partial charge in [-0.2, -0.15) is 8.15 Å². The molecule has 0 aromatic rings. The molecule has 0 aliphatic rings. The first-order chi connectivity index (χ1) is 5.08. The van der Waals surface area contributed by atoms with Crippen molar-refractivity contribution in [2.24, 2.45) is 0 Å². The van der Waals surface area contributed by atoms with Crippen molar-refractivity contribution in [1.29, 1.82) is 0 Å². The van der Waals surface area contributed by atoms with Gasteiger partial charge >= 0.3 is 7.82 Å². The summed E-state index contributed by atoms with van der Waals surface area (Å²) in [4.78, 5) is 0. The van der Waals surface area contributed by atoms with Crippen LogP contribution in [0.25, 0.3) is 0 Å². The molecule has 0 rings (SSSR count). The Morgan fingerprint density at radius 2 is 1.91 bits per heavy atom. The lowest BCUT2D eigenvalue weighted by Gasteiger charge is -2.13. The van der Waals surface area contributed by atoms with Gasteiger partial charge in [0.25, 0.3) is 0 Å². The van der Waals surface area contributed by atoms with Crippen LogP contribution in [0.5, 0.6) is 0 Å². The number of hydrogen-bond acceptors (Lipinski definition) is 4. The SMILES string of the molecule is C[SiH2]C(C)OP(=O)(OCl)OCl. The van der Waals surface area contributed by atoms with Gasteiger partial charge in [-0.15, -0.1) is 0 Å². The van der Waals surface area contributed by atoms with Crippen LogP contribution in [0.1, 0.15) is 6.92 Å². The quantitative estimate of drug-likeness (QED) is 0.543. The minimum Gasteiger partial charge on any atom is -0.286 e. The first-order valence-electron chi connectivity index (χ1n) is 2.97. The van der Waals surface area contributed by atoms with Crippen LogP contribution in [0.15, 0.2) is 0 Å². The van der Waals surface area contributed by atoms with E-state index in [1.54, 1.807) is 6.92 Å². The van der Waals surface area contributed by atoms with Gasteiger partial charge in [0.2, 0.25) is 0 Å². The van der Waals surface area contributed by atoms with Crippen LogP contribution in [0.3, 0.4) is 0 Å². The highest BCUT2D eigenvalue weighted by Crippen LogP contribution is 2.52. The van der Waals surface area contributed by atoms with Gasteiger partial charge in [-0.05, 0) is 6.92 Å². The van der Waals surface area contributed by atoms with E-state index in [4.69, 9.17) is 28.3 Å². The third-order valence-corrected chi connectivity index (χ3v) is 4.62. The largest absolute Gasteiger partial charge is 0.507 e. The van der Waals surface area contributed by atoms with E-state index in [0.29, 0.717) is 0 Å². The minimum absolute atomic E-state index is 0.140. The second-order valence-corrected chi connectivity index (χ2v) is 6.09. The molecule has 0 fully saturated rings. The van der Waals surface area contributed by atoms with Crippen molar-refractivity contribution >= 4 is 41.1 Å². The monoisotopic (exact) mass is 238 g/mol. The van der Waals surface area contributed by atoms with E-state index in [2.05, 4.69) is 8.15 Å². The van der Waals surface area contributed by atoms with Crippen LogP contribution < -0.4 is 0 Å². The normalized spacial score (nSPS) is 16.0. The van der Waals surface area contributed by atoms with Crippen molar-refractivity contribution in [2.75, 3.05) is 0 Å². The molecule has 0 aromatic heterocycles. The molecule has 0 aromatic carbocycles. The molecular formula is C3H9Cl2O4PSi. The molecule has 8 heteroatoms. The van der Waals surface area contributed by atoms with Gasteiger partial charge < -0.3 is 0 Å². The Morgan fingerprint density at radius 3 is 2.18 bits per heavy atom. The standard InChI is InChI=1S/C3H9Cl2O4PSi/c1-3(11-2)7-10(6,8-4)9-5/h3H,11H2,1-2H3. The predicted molar refractivity (Wildman–Crippen MR) is 46.4 cm³/mol. The van der Waals surface area contributed by atoms with Crippen LogP contribution in [0, 0.1) is 0 Å². The van der Waals surface area contributed by atoms with Crippen LogP contribution in [0.4, 0.5) is 0 Å². The number of hydrogen-bond donors (Lipinski definition) is 0. The molecule has 0 aliphatic heterocycles. The van der Waals surface area contributed by atoms with Gasteiger partial charge in [0.05, 0.1) is 39.0 Å². The lowest BCUT2D eigenvalue weighted by Crippen LogP contribution is -2.12. The molecule has 0 radical (unpaired) electrons. The number of rotatable bonds is 5. The topological polar surface area (TPSA) is 44.8 Å². The second kappa shape index (κ2) is 5.53. The number of phosphoric acid groups is 1. The van der Waals surface area contributed by atoms with Gasteiger partial charge in [-0.25, -0.2) is 4.57 Å².